The standard InChI is InChI=1S/C12H22N4S/c1-4-7-13-11(10-9-14-15-16(10)3)12(2)6-5-8-17-12/h9,11,13H,4-8H2,1-3H3. The largest absolute Gasteiger partial charge is 0.307 e. The van der Waals surface area contributed by atoms with Crippen molar-refractivity contribution in [1.29, 1.82) is 0 Å². The molecule has 1 aromatic rings. The Hall–Kier alpha value is -0.550. The van der Waals surface area contributed by atoms with Crippen LogP contribution in [0.25, 0.3) is 0 Å². The van der Waals surface area contributed by atoms with E-state index < -0.39 is 0 Å². The van der Waals surface area contributed by atoms with Gasteiger partial charge in [-0.25, -0.2) is 0 Å². The third-order valence-corrected chi connectivity index (χ3v) is 5.10. The Kier molecular flexibility index (Phi) is 4.09. The molecular weight excluding hydrogens is 232 g/mol. The van der Waals surface area contributed by atoms with Crippen LogP contribution < -0.4 is 5.32 Å². The van der Waals surface area contributed by atoms with Crippen LogP contribution in [0.15, 0.2) is 6.20 Å². The van der Waals surface area contributed by atoms with Crippen molar-refractivity contribution in [3.63, 3.8) is 0 Å². The van der Waals surface area contributed by atoms with Gasteiger partial charge in [0.1, 0.15) is 0 Å². The van der Waals surface area contributed by atoms with Crippen molar-refractivity contribution in [2.24, 2.45) is 7.05 Å². The SMILES string of the molecule is CCCNC(c1cnnn1C)C1(C)CCCS1. The second-order valence-corrected chi connectivity index (χ2v) is 6.56. The highest BCUT2D eigenvalue weighted by Crippen LogP contribution is 2.46. The first-order valence-corrected chi connectivity index (χ1v) is 7.38. The lowest BCUT2D eigenvalue weighted by Crippen LogP contribution is -2.39. The quantitative estimate of drug-likeness (QED) is 0.874. The van der Waals surface area contributed by atoms with Crippen LogP contribution in [0.5, 0.6) is 0 Å². The van der Waals surface area contributed by atoms with Gasteiger partial charge in [-0.2, -0.15) is 11.8 Å². The summed E-state index contributed by atoms with van der Waals surface area (Å²) in [6.07, 6.45) is 5.64. The molecule has 2 rings (SSSR count). The molecule has 1 N–H and O–H groups in total. The summed E-state index contributed by atoms with van der Waals surface area (Å²) >= 11 is 2.08. The van der Waals surface area contributed by atoms with Crippen molar-refractivity contribution >= 4 is 11.8 Å². The molecule has 2 heterocycles. The van der Waals surface area contributed by atoms with Gasteiger partial charge in [-0.1, -0.05) is 12.1 Å². The average Bonchev–Trinajstić information content (AvgIpc) is 2.90. The predicted molar refractivity (Wildman–Crippen MR) is 72.1 cm³/mol. The Morgan fingerprint density at radius 3 is 3.00 bits per heavy atom. The fourth-order valence-corrected chi connectivity index (χ4v) is 3.92. The van der Waals surface area contributed by atoms with Crippen LogP contribution in [-0.4, -0.2) is 32.0 Å². The Labute approximate surface area is 108 Å². The average molecular weight is 254 g/mol. The first-order chi connectivity index (χ1) is 8.17. The van der Waals surface area contributed by atoms with E-state index in [0.29, 0.717) is 6.04 Å². The van der Waals surface area contributed by atoms with E-state index in [1.54, 1.807) is 0 Å². The summed E-state index contributed by atoms with van der Waals surface area (Å²) in [7, 11) is 1.98. The molecule has 0 radical (unpaired) electrons. The van der Waals surface area contributed by atoms with Gasteiger partial charge in [0.15, 0.2) is 0 Å². The number of aromatic nitrogens is 3. The van der Waals surface area contributed by atoms with Crippen LogP contribution in [0, 0.1) is 0 Å². The van der Waals surface area contributed by atoms with Crippen molar-refractivity contribution in [2.75, 3.05) is 12.3 Å². The molecule has 5 heteroatoms. The number of nitrogens with one attached hydrogen (secondary N) is 1. The van der Waals surface area contributed by atoms with Gasteiger partial charge in [-0.3, -0.25) is 4.68 Å². The van der Waals surface area contributed by atoms with E-state index in [1.807, 2.05) is 17.9 Å². The molecule has 1 aliphatic heterocycles. The summed E-state index contributed by atoms with van der Waals surface area (Å²) in [5.74, 6) is 1.27. The van der Waals surface area contributed by atoms with Crippen LogP contribution >= 0.6 is 11.8 Å². The number of hydrogen-bond acceptors (Lipinski definition) is 4. The number of aryl methyl sites for hydroxylation is 1. The molecule has 1 saturated heterocycles. The molecule has 2 atom stereocenters. The van der Waals surface area contributed by atoms with E-state index >= 15 is 0 Å². The second kappa shape index (κ2) is 5.40. The Morgan fingerprint density at radius 1 is 1.65 bits per heavy atom. The van der Waals surface area contributed by atoms with Gasteiger partial charge < -0.3 is 5.32 Å². The van der Waals surface area contributed by atoms with Crippen molar-refractivity contribution in [2.45, 2.75) is 43.9 Å². The Morgan fingerprint density at radius 2 is 2.47 bits per heavy atom. The molecule has 4 nitrogen and oxygen atoms in total. The van der Waals surface area contributed by atoms with Crippen molar-refractivity contribution in [3.8, 4) is 0 Å². The predicted octanol–water partition coefficient (Wildman–Crippen LogP) is 2.14. The highest BCUT2D eigenvalue weighted by atomic mass is 32.2. The zero-order valence-electron chi connectivity index (χ0n) is 10.9. The summed E-state index contributed by atoms with van der Waals surface area (Å²) in [4.78, 5) is 0. The number of thioether (sulfide) groups is 1. The minimum atomic E-state index is 0.282. The van der Waals surface area contributed by atoms with Crippen LogP contribution in [0.1, 0.15) is 44.8 Å². The molecular formula is C12H22N4S. The molecule has 0 spiro atoms. The van der Waals surface area contributed by atoms with E-state index in [0.717, 1.165) is 13.0 Å². The fraction of sp³-hybridized carbons (Fsp3) is 0.833. The summed E-state index contributed by atoms with van der Waals surface area (Å²) in [5.41, 5.74) is 1.20. The first kappa shape index (κ1) is 12.9. The molecule has 1 aromatic heterocycles. The van der Waals surface area contributed by atoms with Gasteiger partial charge in [0.25, 0.3) is 0 Å². The van der Waals surface area contributed by atoms with Crippen molar-refractivity contribution in [3.05, 3.63) is 11.9 Å². The van der Waals surface area contributed by atoms with Crippen molar-refractivity contribution in [1.82, 2.24) is 20.3 Å². The monoisotopic (exact) mass is 254 g/mol. The zero-order chi connectivity index (χ0) is 12.3. The third kappa shape index (κ3) is 2.65. The van der Waals surface area contributed by atoms with Gasteiger partial charge >= 0.3 is 0 Å². The molecule has 2 unspecified atom stereocenters. The molecule has 0 bridgehead atoms. The number of rotatable bonds is 5. The minimum absolute atomic E-state index is 0.282. The van der Waals surface area contributed by atoms with E-state index in [-0.39, 0.29) is 4.75 Å². The Balaban J connectivity index is 2.21. The molecule has 1 aliphatic rings. The van der Waals surface area contributed by atoms with Crippen LogP contribution in [0.2, 0.25) is 0 Å². The maximum atomic E-state index is 4.07. The summed E-state index contributed by atoms with van der Waals surface area (Å²) < 4.78 is 2.18. The van der Waals surface area contributed by atoms with Crippen molar-refractivity contribution < 1.29 is 0 Å². The third-order valence-electron chi connectivity index (χ3n) is 3.50. The fourth-order valence-electron chi connectivity index (χ4n) is 2.51. The first-order valence-electron chi connectivity index (χ1n) is 6.39. The Bertz CT molecular complexity index is 357. The summed E-state index contributed by atoms with van der Waals surface area (Å²) in [6, 6.07) is 0.356. The van der Waals surface area contributed by atoms with Crippen LogP contribution in [-0.2, 0) is 7.05 Å². The highest BCUT2D eigenvalue weighted by molar-refractivity contribution is 8.00. The van der Waals surface area contributed by atoms with Gasteiger partial charge in [-0.05, 0) is 38.5 Å². The normalized spacial score (nSPS) is 26.3. The molecule has 96 valence electrons. The maximum absolute atomic E-state index is 4.07. The highest BCUT2D eigenvalue weighted by Gasteiger charge is 2.39. The van der Waals surface area contributed by atoms with Gasteiger partial charge in [-0.15, -0.1) is 5.10 Å². The molecule has 0 aliphatic carbocycles. The molecule has 1 fully saturated rings. The minimum Gasteiger partial charge on any atom is -0.307 e. The lowest BCUT2D eigenvalue weighted by atomic mass is 9.93. The van der Waals surface area contributed by atoms with E-state index in [4.69, 9.17) is 0 Å². The molecule has 0 amide bonds. The summed E-state index contributed by atoms with van der Waals surface area (Å²) in [6.45, 7) is 5.62. The molecule has 0 saturated carbocycles. The topological polar surface area (TPSA) is 42.7 Å². The van der Waals surface area contributed by atoms with Gasteiger partial charge in [0.05, 0.1) is 17.9 Å². The lowest BCUT2D eigenvalue weighted by molar-refractivity contribution is 0.392. The smallest absolute Gasteiger partial charge is 0.0767 e. The van der Waals surface area contributed by atoms with Gasteiger partial charge in [0.2, 0.25) is 0 Å². The number of hydrogen-bond donors (Lipinski definition) is 1. The van der Waals surface area contributed by atoms with Crippen LogP contribution in [0.3, 0.4) is 0 Å². The van der Waals surface area contributed by atoms with Gasteiger partial charge in [0, 0.05) is 11.8 Å². The van der Waals surface area contributed by atoms with E-state index in [1.165, 1.54) is 24.3 Å². The van der Waals surface area contributed by atoms with Crippen LogP contribution in [0.4, 0.5) is 0 Å². The van der Waals surface area contributed by atoms with E-state index in [9.17, 15) is 0 Å². The maximum Gasteiger partial charge on any atom is 0.0767 e. The second-order valence-electron chi connectivity index (χ2n) is 4.93. The lowest BCUT2D eigenvalue weighted by Gasteiger charge is -2.33. The zero-order valence-corrected chi connectivity index (χ0v) is 11.8. The molecule has 0 aromatic carbocycles. The molecule has 17 heavy (non-hydrogen) atoms. The number of nitrogens with zero attached hydrogens (tertiary/aromatic N) is 3. The summed E-state index contributed by atoms with van der Waals surface area (Å²) in [5, 5.41) is 11.8. The van der Waals surface area contributed by atoms with E-state index in [2.05, 4.69) is 41.2 Å².